The van der Waals surface area contributed by atoms with Crippen LogP contribution < -0.4 is 5.32 Å². The molecule has 0 unspecified atom stereocenters. The van der Waals surface area contributed by atoms with Gasteiger partial charge in [0.15, 0.2) is 11.5 Å². The molecule has 0 spiro atoms. The number of nitrogens with zero attached hydrogens (tertiary/aromatic N) is 2. The summed E-state index contributed by atoms with van der Waals surface area (Å²) < 4.78 is 39.8. The van der Waals surface area contributed by atoms with Crippen LogP contribution in [0.3, 0.4) is 0 Å². The van der Waals surface area contributed by atoms with Crippen LogP contribution in [-0.4, -0.2) is 21.7 Å². The van der Waals surface area contributed by atoms with E-state index < -0.39 is 11.9 Å². The lowest BCUT2D eigenvalue weighted by Gasteiger charge is -2.12. The fourth-order valence-corrected chi connectivity index (χ4v) is 2.60. The summed E-state index contributed by atoms with van der Waals surface area (Å²) in [5.74, 6) is 0.0664. The molecule has 0 fully saturated rings. The maximum Gasteiger partial charge on any atom is 0.433 e. The van der Waals surface area contributed by atoms with Gasteiger partial charge in [0.05, 0.1) is 0 Å². The maximum atomic E-state index is 13.3. The maximum absolute atomic E-state index is 13.3. The van der Waals surface area contributed by atoms with Gasteiger partial charge in [-0.15, -0.1) is 0 Å². The van der Waals surface area contributed by atoms with Crippen molar-refractivity contribution in [3.05, 3.63) is 71.4 Å². The lowest BCUT2D eigenvalue weighted by molar-refractivity contribution is -0.141. The van der Waals surface area contributed by atoms with Gasteiger partial charge in [-0.1, -0.05) is 35.9 Å². The first-order valence-electron chi connectivity index (χ1n) is 8.35. The smallest absolute Gasteiger partial charge is 0.396 e. The molecule has 0 saturated heterocycles. The minimum atomic E-state index is -4.58. The lowest BCUT2D eigenvalue weighted by atomic mass is 10.1. The van der Waals surface area contributed by atoms with Crippen LogP contribution in [0.5, 0.6) is 0 Å². The molecule has 0 atom stereocenters. The number of hydrogen-bond donors (Lipinski definition) is 2. The highest BCUT2D eigenvalue weighted by molar-refractivity contribution is 5.62. The topological polar surface area (TPSA) is 58.0 Å². The number of hydrogen-bond acceptors (Lipinski definition) is 4. The van der Waals surface area contributed by atoms with Crippen LogP contribution in [0.2, 0.25) is 0 Å². The van der Waals surface area contributed by atoms with E-state index in [-0.39, 0.29) is 18.2 Å². The molecular formula is C20H18F3N3O. The van der Waals surface area contributed by atoms with Gasteiger partial charge in [-0.2, -0.15) is 13.2 Å². The number of aliphatic hydroxyl groups excluding tert-OH is 1. The van der Waals surface area contributed by atoms with Crippen molar-refractivity contribution in [2.45, 2.75) is 19.5 Å². The Bertz CT molecular complexity index is 925. The Hall–Kier alpha value is -2.93. The Labute approximate surface area is 154 Å². The van der Waals surface area contributed by atoms with E-state index in [9.17, 15) is 13.2 Å². The number of aliphatic hydroxyl groups is 1. The average Bonchev–Trinajstić information content (AvgIpc) is 2.63. The molecule has 27 heavy (non-hydrogen) atoms. The summed E-state index contributed by atoms with van der Waals surface area (Å²) in [5.41, 5.74) is 1.94. The summed E-state index contributed by atoms with van der Waals surface area (Å²) in [5, 5.41) is 11.8. The Balaban J connectivity index is 1.97. The third kappa shape index (κ3) is 4.83. The summed E-state index contributed by atoms with van der Waals surface area (Å²) in [6, 6.07) is 15.0. The summed E-state index contributed by atoms with van der Waals surface area (Å²) in [6.07, 6.45) is -4.06. The van der Waals surface area contributed by atoms with E-state index in [0.717, 1.165) is 17.2 Å². The minimum Gasteiger partial charge on any atom is -0.396 e. The molecule has 4 nitrogen and oxygen atoms in total. The number of aromatic nitrogens is 2. The molecule has 3 rings (SSSR count). The van der Waals surface area contributed by atoms with Gasteiger partial charge in [-0.3, -0.25) is 0 Å². The fraction of sp³-hybridized carbons (Fsp3) is 0.200. The number of aryl methyl sites for hydroxylation is 1. The third-order valence-corrected chi connectivity index (χ3v) is 3.92. The van der Waals surface area contributed by atoms with E-state index in [1.165, 1.54) is 0 Å². The number of benzene rings is 2. The van der Waals surface area contributed by atoms with Crippen LogP contribution in [0, 0.1) is 6.92 Å². The van der Waals surface area contributed by atoms with Crippen molar-refractivity contribution in [2.75, 3.05) is 11.9 Å². The van der Waals surface area contributed by atoms with Gasteiger partial charge in [0.25, 0.3) is 0 Å². The van der Waals surface area contributed by atoms with E-state index in [1.54, 1.807) is 42.5 Å². The monoisotopic (exact) mass is 373 g/mol. The van der Waals surface area contributed by atoms with Crippen molar-refractivity contribution < 1.29 is 18.3 Å². The predicted octanol–water partition coefficient (Wildman–Crippen LogP) is 4.75. The van der Waals surface area contributed by atoms with E-state index in [0.29, 0.717) is 17.7 Å². The van der Waals surface area contributed by atoms with Gasteiger partial charge in [-0.05, 0) is 37.1 Å². The fourth-order valence-electron chi connectivity index (χ4n) is 2.60. The van der Waals surface area contributed by atoms with E-state index >= 15 is 0 Å². The standard InChI is InChI=1S/C20H18F3N3O/c1-13-3-2-4-15(11-13)19-25-17(20(21,22)23)12-18(26-19)24-16-7-5-14(6-8-16)9-10-27/h2-8,11-12,27H,9-10H2,1H3,(H,24,25,26). The molecule has 0 radical (unpaired) electrons. The molecule has 3 aromatic rings. The van der Waals surface area contributed by atoms with Gasteiger partial charge < -0.3 is 10.4 Å². The number of anilines is 2. The SMILES string of the molecule is Cc1cccc(-c2nc(Nc3ccc(CCO)cc3)cc(C(F)(F)F)n2)c1. The molecule has 0 aliphatic heterocycles. The van der Waals surface area contributed by atoms with Crippen LogP contribution in [-0.2, 0) is 12.6 Å². The van der Waals surface area contributed by atoms with Crippen molar-refractivity contribution in [1.82, 2.24) is 9.97 Å². The van der Waals surface area contributed by atoms with Crippen LogP contribution in [0.4, 0.5) is 24.7 Å². The molecule has 140 valence electrons. The van der Waals surface area contributed by atoms with Gasteiger partial charge in [0.2, 0.25) is 0 Å². The van der Waals surface area contributed by atoms with Crippen molar-refractivity contribution in [1.29, 1.82) is 0 Å². The predicted molar refractivity (Wildman–Crippen MR) is 97.7 cm³/mol. The summed E-state index contributed by atoms with van der Waals surface area (Å²) >= 11 is 0. The first-order valence-corrected chi connectivity index (χ1v) is 8.35. The van der Waals surface area contributed by atoms with Crippen LogP contribution >= 0.6 is 0 Å². The van der Waals surface area contributed by atoms with Crippen molar-refractivity contribution in [2.24, 2.45) is 0 Å². The van der Waals surface area contributed by atoms with E-state index in [4.69, 9.17) is 5.11 Å². The lowest BCUT2D eigenvalue weighted by Crippen LogP contribution is -2.11. The summed E-state index contributed by atoms with van der Waals surface area (Å²) in [7, 11) is 0. The molecule has 0 aliphatic carbocycles. The Morgan fingerprint density at radius 2 is 1.74 bits per heavy atom. The van der Waals surface area contributed by atoms with Gasteiger partial charge in [0, 0.05) is 23.9 Å². The first-order chi connectivity index (χ1) is 12.8. The molecule has 0 amide bonds. The Morgan fingerprint density at radius 1 is 1.00 bits per heavy atom. The molecular weight excluding hydrogens is 355 g/mol. The molecule has 0 saturated carbocycles. The Kier molecular flexibility index (Phi) is 5.41. The molecule has 1 heterocycles. The molecule has 7 heteroatoms. The number of nitrogens with one attached hydrogen (secondary N) is 1. The van der Waals surface area contributed by atoms with Gasteiger partial charge >= 0.3 is 6.18 Å². The van der Waals surface area contributed by atoms with Crippen LogP contribution in [0.1, 0.15) is 16.8 Å². The highest BCUT2D eigenvalue weighted by Crippen LogP contribution is 2.31. The average molecular weight is 373 g/mol. The molecule has 0 bridgehead atoms. The summed E-state index contributed by atoms with van der Waals surface area (Å²) in [4.78, 5) is 7.94. The van der Waals surface area contributed by atoms with E-state index in [1.807, 2.05) is 13.0 Å². The van der Waals surface area contributed by atoms with Crippen molar-refractivity contribution in [3.8, 4) is 11.4 Å². The molecule has 0 aliphatic rings. The molecule has 1 aromatic heterocycles. The highest BCUT2D eigenvalue weighted by atomic mass is 19.4. The zero-order chi connectivity index (χ0) is 19.4. The largest absolute Gasteiger partial charge is 0.433 e. The third-order valence-electron chi connectivity index (χ3n) is 3.92. The van der Waals surface area contributed by atoms with Crippen molar-refractivity contribution in [3.63, 3.8) is 0 Å². The second-order valence-corrected chi connectivity index (χ2v) is 6.12. The number of halogens is 3. The number of rotatable bonds is 5. The second-order valence-electron chi connectivity index (χ2n) is 6.12. The van der Waals surface area contributed by atoms with Crippen LogP contribution in [0.25, 0.3) is 11.4 Å². The summed E-state index contributed by atoms with van der Waals surface area (Å²) in [6.45, 7) is 1.89. The van der Waals surface area contributed by atoms with E-state index in [2.05, 4.69) is 15.3 Å². The molecule has 2 aromatic carbocycles. The second kappa shape index (κ2) is 7.75. The zero-order valence-corrected chi connectivity index (χ0v) is 14.6. The molecule has 2 N–H and O–H groups in total. The number of alkyl halides is 3. The zero-order valence-electron chi connectivity index (χ0n) is 14.6. The van der Waals surface area contributed by atoms with Gasteiger partial charge in [0.1, 0.15) is 5.82 Å². The Morgan fingerprint density at radius 3 is 2.37 bits per heavy atom. The first kappa shape index (κ1) is 18.8. The highest BCUT2D eigenvalue weighted by Gasteiger charge is 2.33. The minimum absolute atomic E-state index is 0.00734. The van der Waals surface area contributed by atoms with Crippen LogP contribution in [0.15, 0.2) is 54.6 Å². The quantitative estimate of drug-likeness (QED) is 0.678. The van der Waals surface area contributed by atoms with Gasteiger partial charge in [-0.25, -0.2) is 9.97 Å². The normalized spacial score (nSPS) is 11.4. The van der Waals surface area contributed by atoms with Crippen molar-refractivity contribution >= 4 is 11.5 Å².